The van der Waals surface area contributed by atoms with E-state index in [-0.39, 0.29) is 11.8 Å². The summed E-state index contributed by atoms with van der Waals surface area (Å²) in [6, 6.07) is 15.8. The first-order valence-electron chi connectivity index (χ1n) is 9.97. The van der Waals surface area contributed by atoms with E-state index >= 15 is 0 Å². The highest BCUT2D eigenvalue weighted by molar-refractivity contribution is 6.30. The van der Waals surface area contributed by atoms with E-state index in [0.29, 0.717) is 29.4 Å². The van der Waals surface area contributed by atoms with Crippen molar-refractivity contribution in [2.75, 3.05) is 7.05 Å². The van der Waals surface area contributed by atoms with Crippen LogP contribution in [0.1, 0.15) is 52.5 Å². The van der Waals surface area contributed by atoms with Crippen molar-refractivity contribution in [1.29, 1.82) is 0 Å². The Kier molecular flexibility index (Phi) is 6.73. The van der Waals surface area contributed by atoms with Crippen molar-refractivity contribution in [1.82, 2.24) is 14.5 Å². The summed E-state index contributed by atoms with van der Waals surface area (Å²) in [4.78, 5) is 30.8. The van der Waals surface area contributed by atoms with Crippen molar-refractivity contribution in [2.45, 2.75) is 40.2 Å². The third-order valence-electron chi connectivity index (χ3n) is 5.30. The van der Waals surface area contributed by atoms with Gasteiger partial charge in [-0.15, -0.1) is 0 Å². The monoisotopic (exact) mass is 423 g/mol. The van der Waals surface area contributed by atoms with Gasteiger partial charge in [-0.05, 0) is 42.2 Å². The first-order valence-corrected chi connectivity index (χ1v) is 10.4. The summed E-state index contributed by atoms with van der Waals surface area (Å²) in [7, 11) is 1.50. The highest BCUT2D eigenvalue weighted by Gasteiger charge is 2.25. The fraction of sp³-hybridized carbons (Fsp3) is 0.292. The average molecular weight is 424 g/mol. The van der Waals surface area contributed by atoms with E-state index in [2.05, 4.69) is 19.1 Å². The number of benzene rings is 2. The molecule has 6 heteroatoms. The van der Waals surface area contributed by atoms with Crippen LogP contribution in [0.4, 0.5) is 0 Å². The lowest BCUT2D eigenvalue weighted by molar-refractivity contribution is -0.125. The van der Waals surface area contributed by atoms with Crippen LogP contribution in [0.2, 0.25) is 5.02 Å². The zero-order valence-electron chi connectivity index (χ0n) is 17.8. The molecule has 2 amide bonds. The quantitative estimate of drug-likeness (QED) is 0.579. The topological polar surface area (TPSA) is 55.2 Å². The van der Waals surface area contributed by atoms with Crippen LogP contribution in [0.3, 0.4) is 0 Å². The van der Waals surface area contributed by atoms with Gasteiger partial charge in [0.1, 0.15) is 11.5 Å². The molecule has 0 radical (unpaired) electrons. The number of carbonyl (C=O) groups is 2. The Morgan fingerprint density at radius 2 is 1.70 bits per heavy atom. The minimum absolute atomic E-state index is 0.309. The number of halogens is 1. The van der Waals surface area contributed by atoms with Gasteiger partial charge in [0.25, 0.3) is 5.91 Å². The standard InChI is InChI=1S/C24H26ClN3O2/c1-5-19-8-6-7-9-20(19)14-22-26-16(2)23(24(30)27(4)17(3)29)28(22)15-18-10-12-21(25)13-11-18/h6-13H,5,14-15H2,1-4H3. The zero-order valence-corrected chi connectivity index (χ0v) is 18.5. The van der Waals surface area contributed by atoms with Gasteiger partial charge in [-0.1, -0.05) is 54.9 Å². The fourth-order valence-electron chi connectivity index (χ4n) is 3.53. The second kappa shape index (κ2) is 9.26. The van der Waals surface area contributed by atoms with Crippen LogP contribution in [-0.2, 0) is 24.2 Å². The van der Waals surface area contributed by atoms with Gasteiger partial charge in [0.2, 0.25) is 5.91 Å². The van der Waals surface area contributed by atoms with E-state index < -0.39 is 0 Å². The summed E-state index contributed by atoms with van der Waals surface area (Å²) >= 11 is 6.03. The van der Waals surface area contributed by atoms with Gasteiger partial charge in [0, 0.05) is 32.0 Å². The lowest BCUT2D eigenvalue weighted by Gasteiger charge is -2.17. The second-order valence-electron chi connectivity index (χ2n) is 7.36. The average Bonchev–Trinajstić information content (AvgIpc) is 3.03. The molecule has 2 aromatic carbocycles. The smallest absolute Gasteiger partial charge is 0.278 e. The lowest BCUT2D eigenvalue weighted by atomic mass is 10.0. The molecular weight excluding hydrogens is 398 g/mol. The summed E-state index contributed by atoms with van der Waals surface area (Å²) in [5.41, 5.74) is 4.49. The molecule has 0 fully saturated rings. The molecule has 0 N–H and O–H groups in total. The Balaban J connectivity index is 2.09. The molecule has 1 aromatic heterocycles. The molecule has 30 heavy (non-hydrogen) atoms. The van der Waals surface area contributed by atoms with E-state index in [0.717, 1.165) is 22.7 Å². The van der Waals surface area contributed by atoms with Crippen LogP contribution in [0.25, 0.3) is 0 Å². The summed E-state index contributed by atoms with van der Waals surface area (Å²) in [6.45, 7) is 5.79. The molecule has 0 aliphatic carbocycles. The molecule has 0 saturated carbocycles. The van der Waals surface area contributed by atoms with Gasteiger partial charge in [-0.3, -0.25) is 14.5 Å². The van der Waals surface area contributed by atoms with Crippen molar-refractivity contribution in [3.05, 3.63) is 87.5 Å². The summed E-state index contributed by atoms with van der Waals surface area (Å²) in [6.07, 6.45) is 1.53. The number of amides is 2. The van der Waals surface area contributed by atoms with Gasteiger partial charge in [0.15, 0.2) is 0 Å². The van der Waals surface area contributed by atoms with Crippen molar-refractivity contribution in [3.63, 3.8) is 0 Å². The molecule has 0 saturated heterocycles. The van der Waals surface area contributed by atoms with Crippen LogP contribution in [0, 0.1) is 6.92 Å². The number of carbonyl (C=O) groups excluding carboxylic acids is 2. The largest absolute Gasteiger partial charge is 0.319 e. The number of aryl methyl sites for hydroxylation is 2. The van der Waals surface area contributed by atoms with Crippen molar-refractivity contribution in [3.8, 4) is 0 Å². The molecule has 3 rings (SSSR count). The summed E-state index contributed by atoms with van der Waals surface area (Å²) in [5.74, 6) is 0.136. The highest BCUT2D eigenvalue weighted by Crippen LogP contribution is 2.21. The third kappa shape index (κ3) is 4.62. The van der Waals surface area contributed by atoms with Crippen LogP contribution < -0.4 is 0 Å². The lowest BCUT2D eigenvalue weighted by Crippen LogP contribution is -2.33. The van der Waals surface area contributed by atoms with Crippen molar-refractivity contribution >= 4 is 23.4 Å². The second-order valence-corrected chi connectivity index (χ2v) is 7.79. The van der Waals surface area contributed by atoms with Crippen molar-refractivity contribution in [2.24, 2.45) is 0 Å². The predicted molar refractivity (Wildman–Crippen MR) is 119 cm³/mol. The maximum atomic E-state index is 13.1. The number of hydrogen-bond donors (Lipinski definition) is 0. The van der Waals surface area contributed by atoms with Gasteiger partial charge >= 0.3 is 0 Å². The van der Waals surface area contributed by atoms with Crippen molar-refractivity contribution < 1.29 is 9.59 Å². The number of imide groups is 1. The molecule has 0 spiro atoms. The van der Waals surface area contributed by atoms with Crippen LogP contribution >= 0.6 is 11.6 Å². The van der Waals surface area contributed by atoms with Gasteiger partial charge in [0.05, 0.1) is 5.69 Å². The van der Waals surface area contributed by atoms with Crippen LogP contribution in [-0.4, -0.2) is 33.3 Å². The number of rotatable bonds is 6. The molecule has 0 unspecified atom stereocenters. The number of imidazole rings is 1. The Morgan fingerprint density at radius 1 is 1.07 bits per heavy atom. The molecule has 5 nitrogen and oxygen atoms in total. The maximum absolute atomic E-state index is 13.1. The zero-order chi connectivity index (χ0) is 21.8. The summed E-state index contributed by atoms with van der Waals surface area (Å²) in [5, 5.41) is 0.658. The molecule has 0 aliphatic rings. The molecular formula is C24H26ClN3O2. The Labute approximate surface area is 182 Å². The minimum Gasteiger partial charge on any atom is -0.319 e. The first kappa shape index (κ1) is 21.8. The third-order valence-corrected chi connectivity index (χ3v) is 5.55. The number of aromatic nitrogens is 2. The number of hydrogen-bond acceptors (Lipinski definition) is 3. The first-order chi connectivity index (χ1) is 14.3. The van der Waals surface area contributed by atoms with Crippen LogP contribution in [0.5, 0.6) is 0 Å². The van der Waals surface area contributed by atoms with Crippen LogP contribution in [0.15, 0.2) is 48.5 Å². The number of nitrogens with zero attached hydrogens (tertiary/aromatic N) is 3. The predicted octanol–water partition coefficient (Wildman–Crippen LogP) is 4.66. The van der Waals surface area contributed by atoms with Gasteiger partial charge in [-0.25, -0.2) is 4.98 Å². The Hall–Kier alpha value is -2.92. The normalized spacial score (nSPS) is 10.8. The maximum Gasteiger partial charge on any atom is 0.278 e. The molecule has 0 atom stereocenters. The van der Waals surface area contributed by atoms with Gasteiger partial charge in [-0.2, -0.15) is 0 Å². The molecule has 1 heterocycles. The van der Waals surface area contributed by atoms with E-state index in [1.54, 1.807) is 0 Å². The minimum atomic E-state index is -0.350. The molecule has 3 aromatic rings. The summed E-state index contributed by atoms with van der Waals surface area (Å²) < 4.78 is 1.92. The Morgan fingerprint density at radius 3 is 2.30 bits per heavy atom. The highest BCUT2D eigenvalue weighted by atomic mass is 35.5. The van der Waals surface area contributed by atoms with E-state index in [1.807, 2.05) is 47.9 Å². The fourth-order valence-corrected chi connectivity index (χ4v) is 3.65. The van der Waals surface area contributed by atoms with E-state index in [9.17, 15) is 9.59 Å². The van der Waals surface area contributed by atoms with E-state index in [4.69, 9.17) is 16.6 Å². The molecule has 0 aliphatic heterocycles. The van der Waals surface area contributed by atoms with E-state index in [1.165, 1.54) is 25.1 Å². The SMILES string of the molecule is CCc1ccccc1Cc1nc(C)c(C(=O)N(C)C(C)=O)n1Cc1ccc(Cl)cc1. The molecule has 0 bridgehead atoms. The van der Waals surface area contributed by atoms with Gasteiger partial charge < -0.3 is 4.57 Å². The Bertz CT molecular complexity index is 1070. The molecule has 156 valence electrons.